The highest BCUT2D eigenvalue weighted by atomic mass is 35.5. The lowest BCUT2D eigenvalue weighted by Gasteiger charge is -2.14. The third kappa shape index (κ3) is 4.21. The summed E-state index contributed by atoms with van der Waals surface area (Å²) in [5, 5.41) is 9.70. The summed E-state index contributed by atoms with van der Waals surface area (Å²) >= 11 is 17.4. The average Bonchev–Trinajstić information content (AvgIpc) is 2.30. The first kappa shape index (κ1) is 15.4. The van der Waals surface area contributed by atoms with Crippen molar-refractivity contribution in [2.24, 2.45) is 0 Å². The van der Waals surface area contributed by atoms with Crippen LogP contribution in [0.4, 0.5) is 0 Å². The molecule has 0 aliphatic heterocycles. The summed E-state index contributed by atoms with van der Waals surface area (Å²) in [7, 11) is 0. The van der Waals surface area contributed by atoms with Gasteiger partial charge in [0.05, 0.1) is 15.1 Å². The minimum Gasteiger partial charge on any atom is -0.489 e. The van der Waals surface area contributed by atoms with E-state index in [0.717, 1.165) is 0 Å². The molecule has 1 N–H and O–H groups in total. The zero-order valence-electron chi connectivity index (χ0n) is 9.45. The Balaban J connectivity index is 2.73. The molecule has 0 radical (unpaired) electrons. The van der Waals surface area contributed by atoms with Gasteiger partial charge in [0.15, 0.2) is 6.10 Å². The maximum absolute atomic E-state index is 10.8. The molecule has 0 saturated heterocycles. The number of benzene rings is 1. The van der Waals surface area contributed by atoms with E-state index >= 15 is 0 Å². The molecular formula is C11H11Cl3O4. The lowest BCUT2D eigenvalue weighted by atomic mass is 10.3. The van der Waals surface area contributed by atoms with Crippen LogP contribution in [0.1, 0.15) is 6.92 Å². The first-order valence-electron chi connectivity index (χ1n) is 5.07. The van der Waals surface area contributed by atoms with E-state index in [2.05, 4.69) is 0 Å². The second-order valence-corrected chi connectivity index (χ2v) is 4.51. The molecule has 0 fully saturated rings. The first-order valence-corrected chi connectivity index (χ1v) is 6.20. The second kappa shape index (κ2) is 7.04. The molecule has 1 aromatic carbocycles. The standard InChI is InChI=1S/C11H11Cl3O4/c1-2-17-10(11(15)16)5-18-9-4-7(13)6(12)3-8(9)14/h3-4,10H,2,5H2,1H3,(H,15,16). The number of carboxylic acid groups (broad SMARTS) is 1. The summed E-state index contributed by atoms with van der Waals surface area (Å²) in [6, 6.07) is 2.86. The number of aliphatic carboxylic acids is 1. The van der Waals surface area contributed by atoms with Crippen LogP contribution in [0.25, 0.3) is 0 Å². The summed E-state index contributed by atoms with van der Waals surface area (Å²) in [5.41, 5.74) is 0. The van der Waals surface area contributed by atoms with Crippen molar-refractivity contribution in [3.63, 3.8) is 0 Å². The summed E-state index contributed by atoms with van der Waals surface area (Å²) < 4.78 is 10.3. The Morgan fingerprint density at radius 2 is 1.89 bits per heavy atom. The largest absolute Gasteiger partial charge is 0.489 e. The molecule has 0 aliphatic rings. The van der Waals surface area contributed by atoms with Crippen molar-refractivity contribution in [2.75, 3.05) is 13.2 Å². The number of carbonyl (C=O) groups is 1. The van der Waals surface area contributed by atoms with Crippen LogP contribution in [0.2, 0.25) is 15.1 Å². The molecular weight excluding hydrogens is 302 g/mol. The van der Waals surface area contributed by atoms with Gasteiger partial charge in [-0.2, -0.15) is 0 Å². The fourth-order valence-electron chi connectivity index (χ4n) is 1.17. The summed E-state index contributed by atoms with van der Waals surface area (Å²) in [6.45, 7) is 1.80. The lowest BCUT2D eigenvalue weighted by Crippen LogP contribution is -2.30. The van der Waals surface area contributed by atoms with Gasteiger partial charge in [-0.15, -0.1) is 0 Å². The quantitative estimate of drug-likeness (QED) is 0.817. The third-order valence-corrected chi connectivity index (χ3v) is 3.03. The van der Waals surface area contributed by atoms with Crippen LogP contribution in [0.5, 0.6) is 5.75 Å². The van der Waals surface area contributed by atoms with Crippen molar-refractivity contribution in [3.05, 3.63) is 27.2 Å². The van der Waals surface area contributed by atoms with Gasteiger partial charge in [-0.3, -0.25) is 0 Å². The normalized spacial score (nSPS) is 12.2. The monoisotopic (exact) mass is 312 g/mol. The van der Waals surface area contributed by atoms with Crippen molar-refractivity contribution in [2.45, 2.75) is 13.0 Å². The van der Waals surface area contributed by atoms with Gasteiger partial charge in [0.1, 0.15) is 12.4 Å². The predicted molar refractivity (Wildman–Crippen MR) is 70.0 cm³/mol. The number of halogens is 3. The molecule has 1 aromatic rings. The molecule has 0 aromatic heterocycles. The van der Waals surface area contributed by atoms with Crippen LogP contribution in [-0.4, -0.2) is 30.4 Å². The molecule has 1 atom stereocenters. The molecule has 100 valence electrons. The van der Waals surface area contributed by atoms with Crippen molar-refractivity contribution >= 4 is 40.8 Å². The Kier molecular flexibility index (Phi) is 6.02. The van der Waals surface area contributed by atoms with Crippen LogP contribution < -0.4 is 4.74 Å². The van der Waals surface area contributed by atoms with Gasteiger partial charge >= 0.3 is 5.97 Å². The van der Waals surface area contributed by atoms with Gasteiger partial charge in [-0.05, 0) is 13.0 Å². The lowest BCUT2D eigenvalue weighted by molar-refractivity contribution is -0.152. The smallest absolute Gasteiger partial charge is 0.336 e. The molecule has 7 heteroatoms. The Hall–Kier alpha value is -0.680. The highest BCUT2D eigenvalue weighted by Gasteiger charge is 2.19. The summed E-state index contributed by atoms with van der Waals surface area (Å²) in [4.78, 5) is 10.8. The minimum atomic E-state index is -1.10. The van der Waals surface area contributed by atoms with Gasteiger partial charge in [0.2, 0.25) is 0 Å². The van der Waals surface area contributed by atoms with Gasteiger partial charge in [-0.1, -0.05) is 34.8 Å². The highest BCUT2D eigenvalue weighted by Crippen LogP contribution is 2.33. The zero-order valence-corrected chi connectivity index (χ0v) is 11.7. The van der Waals surface area contributed by atoms with Gasteiger partial charge in [0.25, 0.3) is 0 Å². The average molecular weight is 314 g/mol. The van der Waals surface area contributed by atoms with E-state index in [4.69, 9.17) is 49.4 Å². The van der Waals surface area contributed by atoms with E-state index in [0.29, 0.717) is 5.02 Å². The molecule has 0 amide bonds. The van der Waals surface area contributed by atoms with E-state index in [1.165, 1.54) is 12.1 Å². The maximum atomic E-state index is 10.8. The van der Waals surface area contributed by atoms with Crippen LogP contribution in [0.3, 0.4) is 0 Å². The second-order valence-electron chi connectivity index (χ2n) is 3.29. The number of hydrogen-bond donors (Lipinski definition) is 1. The van der Waals surface area contributed by atoms with Gasteiger partial charge in [0, 0.05) is 12.7 Å². The molecule has 0 spiro atoms. The van der Waals surface area contributed by atoms with E-state index in [1.807, 2.05) is 0 Å². The van der Waals surface area contributed by atoms with Crippen LogP contribution in [0, 0.1) is 0 Å². The number of rotatable bonds is 6. The molecule has 4 nitrogen and oxygen atoms in total. The van der Waals surface area contributed by atoms with E-state index < -0.39 is 12.1 Å². The highest BCUT2D eigenvalue weighted by molar-refractivity contribution is 6.43. The Labute approximate surface area is 119 Å². The minimum absolute atomic E-state index is 0.166. The van der Waals surface area contributed by atoms with Crippen LogP contribution in [-0.2, 0) is 9.53 Å². The van der Waals surface area contributed by atoms with Crippen LogP contribution in [0.15, 0.2) is 12.1 Å². The molecule has 18 heavy (non-hydrogen) atoms. The summed E-state index contributed by atoms with van der Waals surface area (Å²) in [5.74, 6) is -0.843. The van der Waals surface area contributed by atoms with Crippen molar-refractivity contribution in [1.29, 1.82) is 0 Å². The van der Waals surface area contributed by atoms with Gasteiger partial charge in [-0.25, -0.2) is 4.79 Å². The van der Waals surface area contributed by atoms with Crippen molar-refractivity contribution < 1.29 is 19.4 Å². The van der Waals surface area contributed by atoms with Crippen LogP contribution >= 0.6 is 34.8 Å². The molecule has 0 heterocycles. The fraction of sp³-hybridized carbons (Fsp3) is 0.364. The molecule has 0 saturated carbocycles. The van der Waals surface area contributed by atoms with E-state index in [1.54, 1.807) is 6.92 Å². The maximum Gasteiger partial charge on any atom is 0.336 e. The number of carboxylic acids is 1. The SMILES string of the molecule is CCOC(COc1cc(Cl)c(Cl)cc1Cl)C(=O)O. The van der Waals surface area contributed by atoms with Crippen molar-refractivity contribution in [1.82, 2.24) is 0 Å². The zero-order chi connectivity index (χ0) is 13.7. The number of hydrogen-bond acceptors (Lipinski definition) is 3. The Morgan fingerprint density at radius 1 is 1.28 bits per heavy atom. The molecule has 1 unspecified atom stereocenters. The van der Waals surface area contributed by atoms with E-state index in [-0.39, 0.29) is 29.0 Å². The molecule has 0 bridgehead atoms. The van der Waals surface area contributed by atoms with E-state index in [9.17, 15) is 4.79 Å². The van der Waals surface area contributed by atoms with Gasteiger partial charge < -0.3 is 14.6 Å². The number of ether oxygens (including phenoxy) is 2. The summed E-state index contributed by atoms with van der Waals surface area (Å²) in [6.07, 6.45) is -1.06. The first-order chi connectivity index (χ1) is 8.45. The molecule has 1 rings (SSSR count). The molecule has 0 aliphatic carbocycles. The third-order valence-electron chi connectivity index (χ3n) is 2.01. The predicted octanol–water partition coefficient (Wildman–Crippen LogP) is 3.52. The Morgan fingerprint density at radius 3 is 2.44 bits per heavy atom. The topological polar surface area (TPSA) is 55.8 Å². The van der Waals surface area contributed by atoms with Crippen molar-refractivity contribution in [3.8, 4) is 5.75 Å². The Bertz CT molecular complexity index is 437. The fourth-order valence-corrected chi connectivity index (χ4v) is 1.76.